The second kappa shape index (κ2) is 8.00. The molecule has 19 heavy (non-hydrogen) atoms. The number of carbonyl (C=O) groups is 3. The van der Waals surface area contributed by atoms with Crippen LogP contribution in [0.4, 0.5) is 0 Å². The van der Waals surface area contributed by atoms with Crippen LogP contribution in [-0.4, -0.2) is 54.4 Å². The molecule has 8 heteroatoms. The van der Waals surface area contributed by atoms with Crippen LogP contribution >= 0.6 is 11.8 Å². The fourth-order valence-corrected chi connectivity index (χ4v) is 2.62. The quantitative estimate of drug-likeness (QED) is 0.295. The van der Waals surface area contributed by atoms with E-state index in [1.54, 1.807) is 4.90 Å². The SMILES string of the molecule is COC(=O)CSCC(=O)N1CCC(C(=O)NN)CC1. The Balaban J connectivity index is 2.25. The normalized spacial score (nSPS) is 16.0. The van der Waals surface area contributed by atoms with E-state index in [1.165, 1.54) is 18.9 Å². The summed E-state index contributed by atoms with van der Waals surface area (Å²) in [6, 6.07) is 0. The number of esters is 1. The predicted molar refractivity (Wildman–Crippen MR) is 71.0 cm³/mol. The molecule has 1 rings (SSSR count). The molecule has 0 aliphatic carbocycles. The summed E-state index contributed by atoms with van der Waals surface area (Å²) >= 11 is 1.23. The molecule has 0 unspecified atom stereocenters. The highest BCUT2D eigenvalue weighted by Gasteiger charge is 2.26. The second-order valence-electron chi connectivity index (χ2n) is 4.23. The van der Waals surface area contributed by atoms with E-state index in [0.717, 1.165) is 0 Å². The molecule has 0 aromatic heterocycles. The second-order valence-corrected chi connectivity index (χ2v) is 5.22. The predicted octanol–water partition coefficient (Wildman–Crippen LogP) is -0.879. The van der Waals surface area contributed by atoms with Gasteiger partial charge in [0, 0.05) is 19.0 Å². The zero-order chi connectivity index (χ0) is 14.3. The Kier molecular flexibility index (Phi) is 6.65. The molecule has 0 saturated carbocycles. The van der Waals surface area contributed by atoms with Gasteiger partial charge in [-0.15, -0.1) is 11.8 Å². The van der Waals surface area contributed by atoms with E-state index in [0.29, 0.717) is 25.9 Å². The van der Waals surface area contributed by atoms with Crippen LogP contribution in [0.3, 0.4) is 0 Å². The Morgan fingerprint density at radius 2 is 1.95 bits per heavy atom. The van der Waals surface area contributed by atoms with Gasteiger partial charge in [-0.05, 0) is 12.8 Å². The van der Waals surface area contributed by atoms with Gasteiger partial charge in [0.05, 0.1) is 18.6 Å². The fourth-order valence-electron chi connectivity index (χ4n) is 1.88. The maximum Gasteiger partial charge on any atom is 0.315 e. The van der Waals surface area contributed by atoms with Gasteiger partial charge in [-0.2, -0.15) is 0 Å². The summed E-state index contributed by atoms with van der Waals surface area (Å²) < 4.78 is 4.49. The molecule has 0 aromatic rings. The number of nitrogens with zero attached hydrogens (tertiary/aromatic N) is 1. The third kappa shape index (κ3) is 5.07. The van der Waals surface area contributed by atoms with Gasteiger partial charge in [0.1, 0.15) is 0 Å². The lowest BCUT2D eigenvalue weighted by Crippen LogP contribution is -2.45. The Morgan fingerprint density at radius 1 is 1.32 bits per heavy atom. The van der Waals surface area contributed by atoms with Crippen molar-refractivity contribution >= 4 is 29.5 Å². The van der Waals surface area contributed by atoms with Crippen LogP contribution < -0.4 is 11.3 Å². The minimum Gasteiger partial charge on any atom is -0.468 e. The first-order chi connectivity index (χ1) is 9.08. The van der Waals surface area contributed by atoms with E-state index < -0.39 is 0 Å². The number of thioether (sulfide) groups is 1. The molecule has 108 valence electrons. The number of rotatable bonds is 5. The van der Waals surface area contributed by atoms with Gasteiger partial charge >= 0.3 is 5.97 Å². The molecule has 0 spiro atoms. The lowest BCUT2D eigenvalue weighted by atomic mass is 9.96. The van der Waals surface area contributed by atoms with Gasteiger partial charge in [0.25, 0.3) is 0 Å². The topological polar surface area (TPSA) is 102 Å². The van der Waals surface area contributed by atoms with E-state index in [4.69, 9.17) is 5.84 Å². The van der Waals surface area contributed by atoms with E-state index in [9.17, 15) is 14.4 Å². The molecule has 1 fully saturated rings. The smallest absolute Gasteiger partial charge is 0.315 e. The van der Waals surface area contributed by atoms with Gasteiger partial charge in [0.2, 0.25) is 11.8 Å². The Labute approximate surface area is 116 Å². The van der Waals surface area contributed by atoms with Gasteiger partial charge in [-0.25, -0.2) is 5.84 Å². The number of hydrogen-bond donors (Lipinski definition) is 2. The zero-order valence-corrected chi connectivity index (χ0v) is 11.7. The number of hydrazine groups is 1. The van der Waals surface area contributed by atoms with E-state index in [1.807, 2.05) is 0 Å². The number of piperidine rings is 1. The third-order valence-electron chi connectivity index (χ3n) is 3.03. The molecule has 0 radical (unpaired) electrons. The van der Waals surface area contributed by atoms with Crippen molar-refractivity contribution in [1.82, 2.24) is 10.3 Å². The van der Waals surface area contributed by atoms with Crippen molar-refractivity contribution in [3.63, 3.8) is 0 Å². The lowest BCUT2D eigenvalue weighted by molar-refractivity contribution is -0.137. The molecule has 1 saturated heterocycles. The summed E-state index contributed by atoms with van der Waals surface area (Å²) in [5.74, 6) is 4.87. The standard InChI is InChI=1S/C11H19N3O4S/c1-18-10(16)7-19-6-9(15)14-4-2-8(3-5-14)11(17)13-12/h8H,2-7,12H2,1H3,(H,13,17). The number of hydrogen-bond acceptors (Lipinski definition) is 6. The number of nitrogens with two attached hydrogens (primary N) is 1. The largest absolute Gasteiger partial charge is 0.468 e. The summed E-state index contributed by atoms with van der Waals surface area (Å²) in [7, 11) is 1.32. The van der Waals surface area contributed by atoms with Crippen LogP contribution in [-0.2, 0) is 19.1 Å². The molecule has 7 nitrogen and oxygen atoms in total. The number of ether oxygens (including phenoxy) is 1. The van der Waals surface area contributed by atoms with Crippen LogP contribution in [0.1, 0.15) is 12.8 Å². The summed E-state index contributed by atoms with van der Waals surface area (Å²) in [6.45, 7) is 1.10. The van der Waals surface area contributed by atoms with Gasteiger partial charge in [0.15, 0.2) is 0 Å². The molecular weight excluding hydrogens is 270 g/mol. The summed E-state index contributed by atoms with van der Waals surface area (Å²) in [6.07, 6.45) is 1.24. The van der Waals surface area contributed by atoms with Crippen LogP contribution in [0.2, 0.25) is 0 Å². The molecular formula is C11H19N3O4S. The molecule has 1 heterocycles. The molecule has 2 amide bonds. The number of amides is 2. The first-order valence-electron chi connectivity index (χ1n) is 6.01. The number of methoxy groups -OCH3 is 1. The average molecular weight is 289 g/mol. The van der Waals surface area contributed by atoms with Crippen LogP contribution in [0, 0.1) is 5.92 Å². The monoisotopic (exact) mass is 289 g/mol. The molecule has 0 aromatic carbocycles. The average Bonchev–Trinajstić information content (AvgIpc) is 2.46. The Bertz CT molecular complexity index is 343. The molecule has 3 N–H and O–H groups in total. The number of likely N-dealkylation sites (tertiary alicyclic amines) is 1. The van der Waals surface area contributed by atoms with Crippen molar-refractivity contribution in [1.29, 1.82) is 0 Å². The van der Waals surface area contributed by atoms with Crippen molar-refractivity contribution in [3.05, 3.63) is 0 Å². The van der Waals surface area contributed by atoms with E-state index in [-0.39, 0.29) is 35.2 Å². The minimum absolute atomic E-state index is 0.0134. The lowest BCUT2D eigenvalue weighted by Gasteiger charge is -2.30. The summed E-state index contributed by atoms with van der Waals surface area (Å²) in [5.41, 5.74) is 2.13. The highest BCUT2D eigenvalue weighted by atomic mass is 32.2. The summed E-state index contributed by atoms with van der Waals surface area (Å²) in [5, 5.41) is 0. The zero-order valence-electron chi connectivity index (χ0n) is 10.9. The third-order valence-corrected chi connectivity index (χ3v) is 3.92. The van der Waals surface area contributed by atoms with Crippen molar-refractivity contribution < 1.29 is 19.1 Å². The number of carbonyl (C=O) groups excluding carboxylic acids is 3. The first-order valence-corrected chi connectivity index (χ1v) is 7.16. The van der Waals surface area contributed by atoms with Crippen molar-refractivity contribution in [2.75, 3.05) is 31.7 Å². The molecule has 1 aliphatic rings. The Hall–Kier alpha value is -1.28. The maximum absolute atomic E-state index is 11.8. The molecule has 0 bridgehead atoms. The van der Waals surface area contributed by atoms with Gasteiger partial charge in [-0.1, -0.05) is 0 Å². The molecule has 0 atom stereocenters. The Morgan fingerprint density at radius 3 is 2.47 bits per heavy atom. The highest BCUT2D eigenvalue weighted by Crippen LogP contribution is 2.18. The highest BCUT2D eigenvalue weighted by molar-refractivity contribution is 8.00. The van der Waals surface area contributed by atoms with Crippen LogP contribution in [0.15, 0.2) is 0 Å². The van der Waals surface area contributed by atoms with Crippen molar-refractivity contribution in [2.24, 2.45) is 11.8 Å². The van der Waals surface area contributed by atoms with Crippen molar-refractivity contribution in [2.45, 2.75) is 12.8 Å². The molecule has 1 aliphatic heterocycles. The first kappa shape index (κ1) is 15.8. The van der Waals surface area contributed by atoms with Crippen LogP contribution in [0.25, 0.3) is 0 Å². The summed E-state index contributed by atoms with van der Waals surface area (Å²) in [4.78, 5) is 35.8. The fraction of sp³-hybridized carbons (Fsp3) is 0.727. The van der Waals surface area contributed by atoms with E-state index in [2.05, 4.69) is 10.2 Å². The van der Waals surface area contributed by atoms with Gasteiger partial charge in [-0.3, -0.25) is 19.8 Å². The minimum atomic E-state index is -0.337. The van der Waals surface area contributed by atoms with Gasteiger partial charge < -0.3 is 9.64 Å². The van der Waals surface area contributed by atoms with Crippen LogP contribution in [0.5, 0.6) is 0 Å². The van der Waals surface area contributed by atoms with E-state index >= 15 is 0 Å². The number of nitrogens with one attached hydrogen (secondary N) is 1. The van der Waals surface area contributed by atoms with Crippen molar-refractivity contribution in [3.8, 4) is 0 Å². The maximum atomic E-state index is 11.8.